The summed E-state index contributed by atoms with van der Waals surface area (Å²) >= 11 is 0. The van der Waals surface area contributed by atoms with Gasteiger partial charge in [-0.2, -0.15) is 0 Å². The third-order valence-electron chi connectivity index (χ3n) is 5.84. The van der Waals surface area contributed by atoms with Crippen LogP contribution in [0.15, 0.2) is 42.5 Å². The third kappa shape index (κ3) is 6.19. The standard InChI is InChI=1S/C24H33N3O6S/c1-23(2,12-13-27-19-9-7-6-8-17(19)24(3,4)33-22(27)30)25-15-21(29)16-10-11-20(28)18(14-16)26-34(5,31)32/h6-11,14,21,25-26,28-29H,12-13,15H2,1-5H3. The van der Waals surface area contributed by atoms with Crippen LogP contribution >= 0.6 is 0 Å². The van der Waals surface area contributed by atoms with Crippen molar-refractivity contribution >= 4 is 27.5 Å². The van der Waals surface area contributed by atoms with E-state index in [1.54, 1.807) is 4.90 Å². The highest BCUT2D eigenvalue weighted by atomic mass is 32.2. The predicted octanol–water partition coefficient (Wildman–Crippen LogP) is 3.45. The number of hydrogen-bond donors (Lipinski definition) is 4. The molecule has 1 unspecified atom stereocenters. The number of phenolic OH excluding ortho intramolecular Hbond substituents is 1. The highest BCUT2D eigenvalue weighted by molar-refractivity contribution is 7.92. The van der Waals surface area contributed by atoms with Gasteiger partial charge >= 0.3 is 6.09 Å². The first-order valence-electron chi connectivity index (χ1n) is 11.0. The zero-order valence-electron chi connectivity index (χ0n) is 20.1. The summed E-state index contributed by atoms with van der Waals surface area (Å²) in [5, 5.41) is 23.8. The monoisotopic (exact) mass is 491 g/mol. The van der Waals surface area contributed by atoms with Gasteiger partial charge < -0.3 is 20.3 Å². The van der Waals surface area contributed by atoms with E-state index in [-0.39, 0.29) is 18.0 Å². The number of aliphatic hydroxyl groups excluding tert-OH is 1. The summed E-state index contributed by atoms with van der Waals surface area (Å²) in [5.41, 5.74) is 1.09. The van der Waals surface area contributed by atoms with Crippen LogP contribution in [0.3, 0.4) is 0 Å². The summed E-state index contributed by atoms with van der Waals surface area (Å²) in [6.07, 6.45) is 0.230. The fraction of sp³-hybridized carbons (Fsp3) is 0.458. The van der Waals surface area contributed by atoms with Crippen molar-refractivity contribution in [3.63, 3.8) is 0 Å². The number of para-hydroxylation sites is 1. The second-order valence-corrected chi connectivity index (χ2v) is 11.5. The Morgan fingerprint density at radius 3 is 2.53 bits per heavy atom. The zero-order chi connectivity index (χ0) is 25.3. The van der Waals surface area contributed by atoms with Crippen molar-refractivity contribution in [2.24, 2.45) is 0 Å². The molecule has 0 saturated heterocycles. The minimum atomic E-state index is -3.58. The molecule has 34 heavy (non-hydrogen) atoms. The Morgan fingerprint density at radius 1 is 1.18 bits per heavy atom. The average molecular weight is 492 g/mol. The molecule has 3 rings (SSSR count). The number of carbonyl (C=O) groups excluding carboxylic acids is 1. The van der Waals surface area contributed by atoms with Crippen molar-refractivity contribution in [2.45, 2.75) is 51.4 Å². The maximum absolute atomic E-state index is 12.7. The molecule has 4 N–H and O–H groups in total. The first-order valence-corrected chi connectivity index (χ1v) is 12.9. The SMILES string of the molecule is CC(C)(CCN1C(=O)OC(C)(C)c2ccccc21)NCC(O)c1ccc(O)c(NS(C)(=O)=O)c1. The lowest BCUT2D eigenvalue weighted by molar-refractivity contribution is 0.0347. The third-order valence-corrected chi connectivity index (χ3v) is 6.43. The number of benzene rings is 2. The number of ether oxygens (including phenoxy) is 1. The number of nitrogens with one attached hydrogen (secondary N) is 2. The maximum Gasteiger partial charge on any atom is 0.415 e. The Morgan fingerprint density at radius 2 is 1.85 bits per heavy atom. The number of β-amino-alcohol motifs (C(OH)–C–C–N with tert-alkyl or cyclic N) is 1. The molecule has 1 atom stereocenters. The molecule has 9 nitrogen and oxygen atoms in total. The largest absolute Gasteiger partial charge is 0.506 e. The van der Waals surface area contributed by atoms with Gasteiger partial charge in [-0.25, -0.2) is 13.2 Å². The van der Waals surface area contributed by atoms with Crippen LogP contribution in [-0.4, -0.2) is 49.6 Å². The van der Waals surface area contributed by atoms with Crippen LogP contribution in [0.1, 0.15) is 51.3 Å². The Hall–Kier alpha value is -2.82. The van der Waals surface area contributed by atoms with E-state index in [1.807, 2.05) is 52.0 Å². The normalized spacial score (nSPS) is 16.5. The van der Waals surface area contributed by atoms with Crippen molar-refractivity contribution in [3.05, 3.63) is 53.6 Å². The molecule has 2 aromatic carbocycles. The predicted molar refractivity (Wildman–Crippen MR) is 132 cm³/mol. The molecule has 1 aliphatic heterocycles. The van der Waals surface area contributed by atoms with Crippen molar-refractivity contribution in [1.82, 2.24) is 5.32 Å². The van der Waals surface area contributed by atoms with Crippen molar-refractivity contribution in [2.75, 3.05) is 29.0 Å². The van der Waals surface area contributed by atoms with Crippen LogP contribution < -0.4 is 14.9 Å². The second kappa shape index (κ2) is 9.44. The molecule has 0 spiro atoms. The van der Waals surface area contributed by atoms with Crippen molar-refractivity contribution < 1.29 is 28.2 Å². The van der Waals surface area contributed by atoms with Crippen LogP contribution in [0, 0.1) is 0 Å². The van der Waals surface area contributed by atoms with Gasteiger partial charge in [-0.05, 0) is 57.9 Å². The summed E-state index contributed by atoms with van der Waals surface area (Å²) in [7, 11) is -3.58. The zero-order valence-corrected chi connectivity index (χ0v) is 20.9. The minimum Gasteiger partial charge on any atom is -0.506 e. The summed E-state index contributed by atoms with van der Waals surface area (Å²) in [6.45, 7) is 8.28. The number of aromatic hydroxyl groups is 1. The topological polar surface area (TPSA) is 128 Å². The van der Waals surface area contributed by atoms with Gasteiger partial charge in [0, 0.05) is 24.2 Å². The summed E-state index contributed by atoms with van der Waals surface area (Å²) in [6, 6.07) is 11.9. The fourth-order valence-corrected chi connectivity index (χ4v) is 4.43. The van der Waals surface area contributed by atoms with Gasteiger partial charge in [-0.3, -0.25) is 9.62 Å². The van der Waals surface area contributed by atoms with Gasteiger partial charge in [-0.15, -0.1) is 0 Å². The molecule has 1 amide bonds. The number of phenols is 1. The average Bonchev–Trinajstić information content (AvgIpc) is 2.72. The molecule has 0 fully saturated rings. The number of cyclic esters (lactones) is 1. The van der Waals surface area contributed by atoms with Gasteiger partial charge in [0.05, 0.1) is 23.7 Å². The lowest BCUT2D eigenvalue weighted by atomic mass is 9.93. The molecular formula is C24H33N3O6S. The molecule has 1 heterocycles. The van der Waals surface area contributed by atoms with Crippen LogP contribution in [0.2, 0.25) is 0 Å². The first-order chi connectivity index (χ1) is 15.7. The molecule has 2 aromatic rings. The first kappa shape index (κ1) is 25.8. The molecule has 0 bridgehead atoms. The highest BCUT2D eigenvalue weighted by Crippen LogP contribution is 2.38. The molecule has 0 aliphatic carbocycles. The van der Waals surface area contributed by atoms with Crippen LogP contribution in [0.25, 0.3) is 0 Å². The van der Waals surface area contributed by atoms with Crippen LogP contribution in [0.5, 0.6) is 5.75 Å². The number of nitrogens with zero attached hydrogens (tertiary/aromatic N) is 1. The maximum atomic E-state index is 12.7. The quantitative estimate of drug-likeness (QED) is 0.396. The highest BCUT2D eigenvalue weighted by Gasteiger charge is 2.38. The Kier molecular flexibility index (Phi) is 7.16. The van der Waals surface area contributed by atoms with Crippen molar-refractivity contribution in [3.8, 4) is 5.75 Å². The number of carbonyl (C=O) groups is 1. The van der Waals surface area contributed by atoms with Gasteiger partial charge in [0.15, 0.2) is 0 Å². The van der Waals surface area contributed by atoms with Crippen LogP contribution in [0.4, 0.5) is 16.2 Å². The summed E-state index contributed by atoms with van der Waals surface area (Å²) < 4.78 is 30.9. The molecule has 1 aliphatic rings. The number of anilines is 2. The van der Waals surface area contributed by atoms with E-state index in [2.05, 4.69) is 10.0 Å². The summed E-state index contributed by atoms with van der Waals surface area (Å²) in [4.78, 5) is 14.3. The van der Waals surface area contributed by atoms with E-state index in [1.165, 1.54) is 18.2 Å². The van der Waals surface area contributed by atoms with E-state index in [0.717, 1.165) is 17.5 Å². The Balaban J connectivity index is 1.64. The van der Waals surface area contributed by atoms with Crippen molar-refractivity contribution in [1.29, 1.82) is 0 Å². The van der Waals surface area contributed by atoms with E-state index in [0.29, 0.717) is 18.5 Å². The molecule has 186 valence electrons. The molecule has 0 saturated carbocycles. The number of sulfonamides is 1. The van der Waals surface area contributed by atoms with E-state index >= 15 is 0 Å². The number of fused-ring (bicyclic) bond motifs is 1. The van der Waals surface area contributed by atoms with Gasteiger partial charge in [0.25, 0.3) is 0 Å². The molecule has 0 radical (unpaired) electrons. The smallest absolute Gasteiger partial charge is 0.415 e. The lowest BCUT2D eigenvalue weighted by Crippen LogP contribution is -2.48. The van der Waals surface area contributed by atoms with Crippen LogP contribution in [-0.2, 0) is 20.4 Å². The Bertz CT molecular complexity index is 1160. The van der Waals surface area contributed by atoms with E-state index in [9.17, 15) is 23.4 Å². The Labute approximate surface area is 200 Å². The number of rotatable bonds is 9. The fourth-order valence-electron chi connectivity index (χ4n) is 3.87. The minimum absolute atomic E-state index is 0.00325. The van der Waals surface area contributed by atoms with Gasteiger partial charge in [0.1, 0.15) is 11.4 Å². The summed E-state index contributed by atoms with van der Waals surface area (Å²) in [5.74, 6) is -0.230. The number of hydrogen-bond acceptors (Lipinski definition) is 7. The lowest BCUT2D eigenvalue weighted by Gasteiger charge is -2.39. The number of aliphatic hydroxyl groups is 1. The van der Waals surface area contributed by atoms with Gasteiger partial charge in [0.2, 0.25) is 10.0 Å². The van der Waals surface area contributed by atoms with Gasteiger partial charge in [-0.1, -0.05) is 24.3 Å². The molecule has 0 aromatic heterocycles. The molecule has 10 heteroatoms. The van der Waals surface area contributed by atoms with E-state index < -0.39 is 33.4 Å². The second-order valence-electron chi connectivity index (χ2n) is 9.73. The molecular weight excluding hydrogens is 458 g/mol. The van der Waals surface area contributed by atoms with E-state index in [4.69, 9.17) is 4.74 Å². The number of amides is 1.